The van der Waals surface area contributed by atoms with Crippen LogP contribution in [0.5, 0.6) is 0 Å². The number of nitrogens with zero attached hydrogens (tertiary/aromatic N) is 2. The number of aromatic nitrogens is 2. The summed E-state index contributed by atoms with van der Waals surface area (Å²) in [4.78, 5) is 4.20. The molecule has 2 aromatic carbocycles. The summed E-state index contributed by atoms with van der Waals surface area (Å²) >= 11 is 0. The second kappa shape index (κ2) is 7.80. The number of hydrogen-bond donors (Lipinski definition) is 0. The number of aryl methyl sites for hydroxylation is 2. The van der Waals surface area contributed by atoms with Gasteiger partial charge in [0, 0.05) is 46.8 Å². The average molecular weight is 359 g/mol. The second-order valence-corrected chi connectivity index (χ2v) is 4.84. The van der Waals surface area contributed by atoms with Crippen LogP contribution in [0.2, 0.25) is 0 Å². The van der Waals surface area contributed by atoms with E-state index in [2.05, 4.69) is 54.4 Å². The summed E-state index contributed by atoms with van der Waals surface area (Å²) in [7, 11) is 1.97. The number of fused-ring (bicyclic) bond motifs is 1. The van der Waals surface area contributed by atoms with E-state index in [-0.39, 0.29) is 41.1 Å². The second-order valence-electron chi connectivity index (χ2n) is 4.84. The fourth-order valence-electron chi connectivity index (χ4n) is 2.47. The van der Waals surface area contributed by atoms with Gasteiger partial charge in [-0.3, -0.25) is 10.6 Å². The minimum Gasteiger partial charge on any atom is -0.357 e. The van der Waals surface area contributed by atoms with Crippen LogP contribution in [-0.4, -0.2) is 13.4 Å². The first-order chi connectivity index (χ1) is 9.70. The van der Waals surface area contributed by atoms with Crippen LogP contribution in [0.4, 0.5) is 0 Å². The van der Waals surface area contributed by atoms with Crippen LogP contribution >= 0.6 is 0 Å². The van der Waals surface area contributed by atoms with Gasteiger partial charge in [-0.2, -0.15) is 11.1 Å². The van der Waals surface area contributed by atoms with Crippen LogP contribution < -0.4 is 4.57 Å². The molecule has 0 spiro atoms. The molecule has 0 fully saturated rings. The summed E-state index contributed by atoms with van der Waals surface area (Å²) in [6, 6.07) is 15.9. The zero-order chi connectivity index (χ0) is 14.1. The Morgan fingerprint density at radius 3 is 2.64 bits per heavy atom. The first kappa shape index (κ1) is 18.7. The van der Waals surface area contributed by atoms with Crippen molar-refractivity contribution in [2.24, 2.45) is 7.05 Å². The van der Waals surface area contributed by atoms with Crippen molar-refractivity contribution < 1.29 is 37.3 Å². The minimum absolute atomic E-state index is 0. The molecule has 4 radical (unpaired) electrons. The number of benzene rings is 2. The topological polar surface area (TPSA) is 16.8 Å². The molecule has 22 heavy (non-hydrogen) atoms. The van der Waals surface area contributed by atoms with E-state index in [4.69, 9.17) is 6.58 Å². The molecule has 104 valence electrons. The molecule has 1 heterocycles. The molecule has 0 bridgehead atoms. The van der Waals surface area contributed by atoms with Crippen molar-refractivity contribution in [1.82, 2.24) is 4.98 Å². The maximum Gasteiger partial charge on any atom is 0.263 e. The first-order valence-corrected chi connectivity index (χ1v) is 6.52. The van der Waals surface area contributed by atoms with Gasteiger partial charge in [0.25, 0.3) is 6.33 Å². The Morgan fingerprint density at radius 2 is 1.91 bits per heavy atom. The van der Waals surface area contributed by atoms with Crippen LogP contribution in [0, 0.1) is 19.6 Å². The fraction of sp³-hybridized carbons (Fsp3) is 0.111. The zero-order valence-electron chi connectivity index (χ0n) is 12.7. The maximum atomic E-state index is 5.55. The van der Waals surface area contributed by atoms with Gasteiger partial charge in [-0.1, -0.05) is 47.2 Å². The quantitative estimate of drug-likeness (QED) is 0.391. The van der Waals surface area contributed by atoms with Crippen LogP contribution in [0.15, 0.2) is 42.7 Å². The van der Waals surface area contributed by atoms with Crippen LogP contribution in [0.25, 0.3) is 28.1 Å². The van der Waals surface area contributed by atoms with E-state index in [1.54, 1.807) is 6.33 Å². The molecule has 0 aliphatic rings. The average Bonchev–Trinajstić information content (AvgIpc) is 2.49. The predicted octanol–water partition coefficient (Wildman–Crippen LogP) is 2.90. The van der Waals surface area contributed by atoms with Crippen molar-refractivity contribution in [3.8, 4) is 11.3 Å². The third-order valence-electron chi connectivity index (χ3n) is 3.58. The number of rotatable bonds is 2. The number of hydrogen-bond acceptors (Lipinski definition) is 1. The summed E-state index contributed by atoms with van der Waals surface area (Å²) < 4.78 is 1.96. The molecule has 0 aliphatic heterocycles. The third kappa shape index (κ3) is 3.36. The Balaban J connectivity index is 0.00000121. The molecule has 0 saturated heterocycles. The standard InChI is InChI=1S/C18H15N2.B.Y/c1-4-15-11-18(20(3)12-19-15)17-10-9-14-7-5-6-8-16(14)13(17)2;;/h1,4-10,12H,2-3H3;;/q-1;;. The van der Waals surface area contributed by atoms with Gasteiger partial charge in [-0.15, -0.1) is 6.07 Å². The van der Waals surface area contributed by atoms with Crippen LogP contribution in [0.3, 0.4) is 0 Å². The summed E-state index contributed by atoms with van der Waals surface area (Å²) in [6.07, 6.45) is 3.24. The molecule has 0 unspecified atom stereocenters. The largest absolute Gasteiger partial charge is 0.357 e. The Morgan fingerprint density at radius 1 is 1.18 bits per heavy atom. The minimum atomic E-state index is 0. The smallest absolute Gasteiger partial charge is 0.263 e. The molecule has 0 amide bonds. The normalized spacial score (nSPS) is 9.73. The van der Waals surface area contributed by atoms with E-state index in [1.165, 1.54) is 22.4 Å². The molecule has 1 aromatic heterocycles. The Kier molecular flexibility index (Phi) is 6.64. The van der Waals surface area contributed by atoms with E-state index >= 15 is 0 Å². The zero-order valence-corrected chi connectivity index (χ0v) is 15.6. The van der Waals surface area contributed by atoms with Crippen molar-refractivity contribution in [2.45, 2.75) is 6.92 Å². The van der Waals surface area contributed by atoms with Gasteiger partial charge < -0.3 is 6.58 Å². The van der Waals surface area contributed by atoms with Crippen molar-refractivity contribution in [3.63, 3.8) is 0 Å². The van der Waals surface area contributed by atoms with E-state index in [0.717, 1.165) is 11.3 Å². The van der Waals surface area contributed by atoms with Crippen LogP contribution in [-0.2, 0) is 39.8 Å². The van der Waals surface area contributed by atoms with E-state index in [9.17, 15) is 0 Å². The van der Waals surface area contributed by atoms with E-state index in [1.807, 2.05) is 11.6 Å². The maximum absolute atomic E-state index is 5.55. The first-order valence-electron chi connectivity index (χ1n) is 6.52. The molecule has 0 atom stereocenters. The molecule has 3 rings (SSSR count). The summed E-state index contributed by atoms with van der Waals surface area (Å²) in [6.45, 7) is 7.68. The molecule has 3 aromatic rings. The van der Waals surface area contributed by atoms with E-state index < -0.39 is 0 Å². The van der Waals surface area contributed by atoms with Gasteiger partial charge in [0.1, 0.15) is 0 Å². The van der Waals surface area contributed by atoms with Crippen LogP contribution in [0.1, 0.15) is 11.3 Å². The molecular formula is C18H15BN2Y-. The van der Waals surface area contributed by atoms with Gasteiger partial charge >= 0.3 is 0 Å². The molecular weight excluding hydrogens is 344 g/mol. The fourth-order valence-corrected chi connectivity index (χ4v) is 2.47. The van der Waals surface area contributed by atoms with Crippen molar-refractivity contribution >= 4 is 25.3 Å². The van der Waals surface area contributed by atoms with Gasteiger partial charge in [0.05, 0.1) is 7.05 Å². The summed E-state index contributed by atoms with van der Waals surface area (Å²) in [5, 5.41) is 2.50. The Labute approximate surface area is 158 Å². The third-order valence-corrected chi connectivity index (χ3v) is 3.58. The SMILES string of the molecule is [B].[CH-]=Cc1[c-]c(-c2ccc3ccccc3c2C)[n+](C)cn1.[Y]. The monoisotopic (exact) mass is 359 g/mol. The molecule has 0 aliphatic carbocycles. The van der Waals surface area contributed by atoms with Crippen molar-refractivity contribution in [3.05, 3.63) is 66.6 Å². The Bertz CT molecular complexity index is 815. The Hall–Kier alpha value is -1.31. The van der Waals surface area contributed by atoms with Crippen molar-refractivity contribution in [1.29, 1.82) is 0 Å². The predicted molar refractivity (Wildman–Crippen MR) is 86.4 cm³/mol. The van der Waals surface area contributed by atoms with Gasteiger partial charge in [0.15, 0.2) is 0 Å². The van der Waals surface area contributed by atoms with Crippen molar-refractivity contribution in [2.75, 3.05) is 0 Å². The molecule has 0 N–H and O–H groups in total. The summed E-state index contributed by atoms with van der Waals surface area (Å²) in [5.74, 6) is 0. The molecule has 0 saturated carbocycles. The molecule has 4 heteroatoms. The van der Waals surface area contributed by atoms with Gasteiger partial charge in [-0.25, -0.2) is 0 Å². The van der Waals surface area contributed by atoms with Gasteiger partial charge in [-0.05, 0) is 17.7 Å². The van der Waals surface area contributed by atoms with E-state index in [0.29, 0.717) is 5.69 Å². The molecule has 2 nitrogen and oxygen atoms in total. The summed E-state index contributed by atoms with van der Waals surface area (Å²) in [5.41, 5.74) is 4.03. The van der Waals surface area contributed by atoms with Gasteiger partial charge in [0.2, 0.25) is 0 Å².